The van der Waals surface area contributed by atoms with Crippen LogP contribution in [0.4, 0.5) is 0 Å². The van der Waals surface area contributed by atoms with E-state index in [1.165, 1.54) is 35.0 Å². The Balaban J connectivity index is 0.000000213. The minimum Gasteiger partial charge on any atom is -0.316 e. The summed E-state index contributed by atoms with van der Waals surface area (Å²) < 4.78 is 0. The standard InChI is InChI=1S/C10H12N4O2S.C6H4/c1-3-4-8-5-6-17-9(8)10-11-12-13-14(10)16-7(2)15;1-2-5-4-6(5)3-1/h5-6H,3-4H2,1-2H3;1-4H. The molecule has 0 amide bonds. The highest BCUT2D eigenvalue weighted by Gasteiger charge is 2.16. The summed E-state index contributed by atoms with van der Waals surface area (Å²) in [6.45, 7) is 3.42. The summed E-state index contributed by atoms with van der Waals surface area (Å²) in [5.41, 5.74) is 4.02. The molecule has 0 saturated carbocycles. The summed E-state index contributed by atoms with van der Waals surface area (Å²) in [5.74, 6) is 0.0193. The van der Waals surface area contributed by atoms with Gasteiger partial charge in [-0.1, -0.05) is 31.5 Å². The lowest BCUT2D eigenvalue weighted by molar-refractivity contribution is -0.143. The second-order valence-electron chi connectivity index (χ2n) is 5.06. The third kappa shape index (κ3) is 3.62. The van der Waals surface area contributed by atoms with Gasteiger partial charge in [-0.05, 0) is 55.9 Å². The van der Waals surface area contributed by atoms with Gasteiger partial charge in [0.2, 0.25) is 5.82 Å². The van der Waals surface area contributed by atoms with Crippen molar-refractivity contribution in [1.82, 2.24) is 20.4 Å². The number of hydrogen-bond donors (Lipinski definition) is 0. The Morgan fingerprint density at radius 3 is 2.65 bits per heavy atom. The Hall–Kier alpha value is -2.54. The van der Waals surface area contributed by atoms with Gasteiger partial charge in [-0.2, -0.15) is 0 Å². The number of fused-ring (bicyclic) bond motifs is 1. The molecule has 0 bridgehead atoms. The fourth-order valence-corrected chi connectivity index (χ4v) is 3.08. The van der Waals surface area contributed by atoms with E-state index in [1.807, 2.05) is 11.4 Å². The lowest BCUT2D eigenvalue weighted by Crippen LogP contribution is -2.19. The second-order valence-corrected chi connectivity index (χ2v) is 5.98. The lowest BCUT2D eigenvalue weighted by Gasteiger charge is -2.02. The van der Waals surface area contributed by atoms with Gasteiger partial charge in [-0.3, -0.25) is 0 Å². The number of aromatic nitrogens is 4. The first kappa shape index (κ1) is 15.4. The highest BCUT2D eigenvalue weighted by molar-refractivity contribution is 7.13. The smallest absolute Gasteiger partial charge is 0.316 e. The van der Waals surface area contributed by atoms with Crippen LogP contribution in [0.1, 0.15) is 25.8 Å². The van der Waals surface area contributed by atoms with E-state index in [0.29, 0.717) is 5.82 Å². The van der Waals surface area contributed by atoms with E-state index >= 15 is 0 Å². The van der Waals surface area contributed by atoms with Gasteiger partial charge < -0.3 is 4.84 Å². The molecular formula is C16H16N4O2S. The zero-order valence-electron chi connectivity index (χ0n) is 12.9. The summed E-state index contributed by atoms with van der Waals surface area (Å²) in [6, 6.07) is 10.5. The van der Waals surface area contributed by atoms with Crippen LogP contribution in [-0.4, -0.2) is 26.3 Å². The van der Waals surface area contributed by atoms with E-state index in [1.54, 1.807) is 0 Å². The van der Waals surface area contributed by atoms with Crippen molar-refractivity contribution in [3.8, 4) is 21.8 Å². The van der Waals surface area contributed by atoms with Gasteiger partial charge in [0.1, 0.15) is 0 Å². The molecule has 23 heavy (non-hydrogen) atoms. The molecule has 0 atom stereocenters. The van der Waals surface area contributed by atoms with Crippen molar-refractivity contribution in [2.45, 2.75) is 26.7 Å². The van der Waals surface area contributed by atoms with E-state index in [9.17, 15) is 4.79 Å². The van der Waals surface area contributed by atoms with Crippen LogP contribution in [0.15, 0.2) is 35.7 Å². The number of nitrogens with zero attached hydrogens (tertiary/aromatic N) is 4. The summed E-state index contributed by atoms with van der Waals surface area (Å²) >= 11 is 1.53. The maximum absolute atomic E-state index is 10.9. The van der Waals surface area contributed by atoms with Crippen LogP contribution in [0.2, 0.25) is 0 Å². The molecule has 0 aliphatic heterocycles. The summed E-state index contributed by atoms with van der Waals surface area (Å²) in [5, 5.41) is 13.0. The van der Waals surface area contributed by atoms with E-state index in [2.05, 4.69) is 46.7 Å². The van der Waals surface area contributed by atoms with Gasteiger partial charge in [0.05, 0.1) is 4.88 Å². The number of benzene rings is 1. The molecule has 0 radical (unpaired) electrons. The molecule has 2 aromatic rings. The van der Waals surface area contributed by atoms with Gasteiger partial charge >= 0.3 is 5.97 Å². The third-order valence-corrected chi connectivity index (χ3v) is 4.19. The Kier molecular flexibility index (Phi) is 4.47. The molecule has 2 aliphatic rings. The number of hydrogen-bond acceptors (Lipinski definition) is 6. The van der Waals surface area contributed by atoms with Crippen LogP contribution in [0.5, 0.6) is 0 Å². The van der Waals surface area contributed by atoms with Crippen LogP contribution in [-0.2, 0) is 11.2 Å². The Morgan fingerprint density at radius 1 is 1.30 bits per heavy atom. The van der Waals surface area contributed by atoms with Crippen LogP contribution < -0.4 is 4.84 Å². The molecule has 0 unspecified atom stereocenters. The van der Waals surface area contributed by atoms with Crippen LogP contribution in [0, 0.1) is 0 Å². The molecule has 2 aromatic heterocycles. The first-order chi connectivity index (χ1) is 11.2. The maximum atomic E-state index is 10.9. The van der Waals surface area contributed by atoms with Crippen molar-refractivity contribution >= 4 is 17.3 Å². The number of tetrazole rings is 1. The molecule has 0 aromatic carbocycles. The fraction of sp³-hybridized carbons (Fsp3) is 0.250. The number of carbonyl (C=O) groups excluding carboxylic acids is 1. The lowest BCUT2D eigenvalue weighted by atomic mass is 10.1. The van der Waals surface area contributed by atoms with Gasteiger partial charge in [-0.25, -0.2) is 4.79 Å². The first-order valence-electron chi connectivity index (χ1n) is 7.33. The molecule has 2 aliphatic carbocycles. The second kappa shape index (κ2) is 6.70. The van der Waals surface area contributed by atoms with Crippen molar-refractivity contribution in [3.05, 3.63) is 41.3 Å². The number of carbonyl (C=O) groups is 1. The van der Waals surface area contributed by atoms with Crippen molar-refractivity contribution in [2.24, 2.45) is 0 Å². The van der Waals surface area contributed by atoms with Crippen LogP contribution >= 0.6 is 11.3 Å². The fourth-order valence-electron chi connectivity index (χ4n) is 2.17. The van der Waals surface area contributed by atoms with Crippen LogP contribution in [0.3, 0.4) is 0 Å². The minimum atomic E-state index is -0.452. The topological polar surface area (TPSA) is 69.9 Å². The molecule has 4 rings (SSSR count). The quantitative estimate of drug-likeness (QED) is 0.539. The average Bonchev–Trinajstić information content (AvgIpc) is 2.95. The summed E-state index contributed by atoms with van der Waals surface area (Å²) in [7, 11) is 0. The largest absolute Gasteiger partial charge is 0.332 e. The number of aryl methyl sites for hydroxylation is 1. The normalized spacial score (nSPS) is 10.7. The monoisotopic (exact) mass is 328 g/mol. The zero-order valence-corrected chi connectivity index (χ0v) is 13.7. The van der Waals surface area contributed by atoms with Crippen molar-refractivity contribution in [3.63, 3.8) is 0 Å². The molecule has 0 N–H and O–H groups in total. The van der Waals surface area contributed by atoms with Crippen LogP contribution in [0.25, 0.3) is 21.8 Å². The average molecular weight is 328 g/mol. The number of thiophene rings is 1. The zero-order chi connectivity index (χ0) is 16.2. The molecule has 2 heterocycles. The van der Waals surface area contributed by atoms with Gasteiger partial charge in [0.15, 0.2) is 0 Å². The Labute approximate surface area is 137 Å². The predicted molar refractivity (Wildman–Crippen MR) is 87.8 cm³/mol. The molecule has 118 valence electrons. The van der Waals surface area contributed by atoms with Crippen molar-refractivity contribution < 1.29 is 9.63 Å². The predicted octanol–water partition coefficient (Wildman–Crippen LogP) is 3.00. The minimum absolute atomic E-state index is 0.452. The van der Waals surface area contributed by atoms with E-state index in [0.717, 1.165) is 22.6 Å². The maximum Gasteiger partial charge on any atom is 0.332 e. The molecule has 0 spiro atoms. The first-order valence-corrected chi connectivity index (χ1v) is 8.21. The Morgan fingerprint density at radius 2 is 2.09 bits per heavy atom. The number of rotatable bonds is 4. The van der Waals surface area contributed by atoms with Gasteiger partial charge in [0.25, 0.3) is 0 Å². The van der Waals surface area contributed by atoms with Crippen molar-refractivity contribution in [2.75, 3.05) is 0 Å². The SMILES string of the molecule is CCCc1ccsc1-c1nnnn1OC(C)=O.c1cc2cc-2c1. The van der Waals surface area contributed by atoms with E-state index in [-0.39, 0.29) is 0 Å². The van der Waals surface area contributed by atoms with Crippen molar-refractivity contribution in [1.29, 1.82) is 0 Å². The summed E-state index contributed by atoms with van der Waals surface area (Å²) in [4.78, 5) is 17.8. The van der Waals surface area contributed by atoms with Gasteiger partial charge in [-0.15, -0.1) is 16.4 Å². The highest BCUT2D eigenvalue weighted by Crippen LogP contribution is 2.32. The van der Waals surface area contributed by atoms with E-state index < -0.39 is 5.97 Å². The highest BCUT2D eigenvalue weighted by atomic mass is 32.1. The third-order valence-electron chi connectivity index (χ3n) is 3.24. The summed E-state index contributed by atoms with van der Waals surface area (Å²) in [6.07, 6.45) is 1.99. The molecule has 0 saturated heterocycles. The molecule has 0 fully saturated rings. The van der Waals surface area contributed by atoms with E-state index in [4.69, 9.17) is 4.84 Å². The Bertz CT molecular complexity index is 808. The molecular weight excluding hydrogens is 312 g/mol. The molecule has 7 heteroatoms. The van der Waals surface area contributed by atoms with Gasteiger partial charge in [0, 0.05) is 6.92 Å². The molecule has 6 nitrogen and oxygen atoms in total.